The molecule has 0 N–H and O–H groups in total. The third kappa shape index (κ3) is 5.25. The molecule has 6 aromatic heterocycles. The topological polar surface area (TPSA) is 120 Å². The van der Waals surface area contributed by atoms with Gasteiger partial charge >= 0.3 is 7.32 Å². The summed E-state index contributed by atoms with van der Waals surface area (Å²) < 4.78 is 18.3. The van der Waals surface area contributed by atoms with Crippen LogP contribution in [0.5, 0.6) is 0 Å². The highest BCUT2D eigenvalue weighted by Crippen LogP contribution is 2.19. The summed E-state index contributed by atoms with van der Waals surface area (Å²) >= 11 is 0. The van der Waals surface area contributed by atoms with Crippen molar-refractivity contribution >= 4 is 7.32 Å². The molecule has 13 heteroatoms. The summed E-state index contributed by atoms with van der Waals surface area (Å²) in [5.41, 5.74) is 6.76. The van der Waals surface area contributed by atoms with Gasteiger partial charge in [0.2, 0.25) is 0 Å². The third-order valence-electron chi connectivity index (χ3n) is 5.97. The van der Waals surface area contributed by atoms with Gasteiger partial charge < -0.3 is 14.3 Å². The number of aryl methyl sites for hydroxylation is 3. The molecular formula is C27H24BN9O3. The maximum Gasteiger partial charge on any atom is 0.929 e. The molecule has 0 aliphatic rings. The lowest BCUT2D eigenvalue weighted by Crippen LogP contribution is -2.50. The zero-order valence-electron chi connectivity index (χ0n) is 22.0. The average Bonchev–Trinajstić information content (AvgIpc) is 3.66. The van der Waals surface area contributed by atoms with Crippen LogP contribution in [0.15, 0.2) is 91.8 Å². The molecule has 0 aliphatic heterocycles. The second kappa shape index (κ2) is 10.7. The Labute approximate surface area is 229 Å². The summed E-state index contributed by atoms with van der Waals surface area (Å²) in [5.74, 6) is 0. The fourth-order valence-corrected chi connectivity index (χ4v) is 3.96. The van der Waals surface area contributed by atoms with Gasteiger partial charge in [0.25, 0.3) is 0 Å². The summed E-state index contributed by atoms with van der Waals surface area (Å²) in [6, 6.07) is 17.0. The molecule has 0 amide bonds. The van der Waals surface area contributed by atoms with Gasteiger partial charge in [-0.2, -0.15) is 0 Å². The second-order valence-electron chi connectivity index (χ2n) is 8.96. The first-order chi connectivity index (χ1) is 19.5. The predicted octanol–water partition coefficient (Wildman–Crippen LogP) is 3.06. The molecule has 0 atom stereocenters. The molecule has 0 saturated carbocycles. The summed E-state index contributed by atoms with van der Waals surface area (Å²) in [5, 5.41) is 13.7. The summed E-state index contributed by atoms with van der Waals surface area (Å²) in [4.78, 5) is 16.6. The van der Waals surface area contributed by atoms with Crippen molar-refractivity contribution in [3.8, 4) is 33.8 Å². The number of hydrogen-bond donors (Lipinski definition) is 0. The molecule has 0 fully saturated rings. The Balaban J connectivity index is 1.31. The first-order valence-electron chi connectivity index (χ1n) is 12.5. The van der Waals surface area contributed by atoms with Gasteiger partial charge in [-0.3, -0.25) is 15.0 Å². The largest absolute Gasteiger partial charge is 0.929 e. The monoisotopic (exact) mass is 533 g/mol. The number of pyridine rings is 3. The highest BCUT2D eigenvalue weighted by Gasteiger charge is 2.36. The van der Waals surface area contributed by atoms with Crippen LogP contribution >= 0.6 is 0 Å². The van der Waals surface area contributed by atoms with Gasteiger partial charge in [-0.05, 0) is 75.4 Å². The second-order valence-corrected chi connectivity index (χ2v) is 8.96. The molecule has 6 aromatic rings. The Kier molecular flexibility index (Phi) is 6.67. The molecule has 12 nitrogen and oxygen atoms in total. The molecular weight excluding hydrogens is 509 g/mol. The maximum atomic E-state index is 6.09. The highest BCUT2D eigenvalue weighted by atomic mass is 16.9. The van der Waals surface area contributed by atoms with Crippen LogP contribution in [-0.2, 0) is 0 Å². The van der Waals surface area contributed by atoms with Crippen LogP contribution in [0, 0.1) is 20.8 Å². The Morgan fingerprint density at radius 1 is 0.525 bits per heavy atom. The lowest BCUT2D eigenvalue weighted by molar-refractivity contribution is 0.0361. The lowest BCUT2D eigenvalue weighted by Gasteiger charge is -2.16. The normalized spacial score (nSPS) is 10.9. The van der Waals surface area contributed by atoms with E-state index in [2.05, 4.69) is 30.2 Å². The van der Waals surface area contributed by atoms with Crippen LogP contribution in [0.25, 0.3) is 33.8 Å². The number of hydrogen-bond acceptors (Lipinski definition) is 9. The summed E-state index contributed by atoms with van der Waals surface area (Å²) in [6.45, 7) is 5.59. The molecule has 0 spiro atoms. The molecule has 0 radical (unpaired) electrons. The van der Waals surface area contributed by atoms with Gasteiger partial charge in [-0.25, -0.2) is 0 Å². The molecule has 40 heavy (non-hydrogen) atoms. The minimum Gasteiger partial charge on any atom is -0.380 e. The van der Waals surface area contributed by atoms with Gasteiger partial charge in [0, 0.05) is 53.9 Å². The van der Waals surface area contributed by atoms with Crippen LogP contribution in [0.1, 0.15) is 17.1 Å². The Hall–Kier alpha value is -5.46. The van der Waals surface area contributed by atoms with E-state index in [1.165, 1.54) is 14.5 Å². The smallest absolute Gasteiger partial charge is 0.380 e. The van der Waals surface area contributed by atoms with E-state index in [-0.39, 0.29) is 0 Å². The van der Waals surface area contributed by atoms with Crippen molar-refractivity contribution in [2.24, 2.45) is 0 Å². The van der Waals surface area contributed by atoms with Crippen molar-refractivity contribution in [2.45, 2.75) is 20.8 Å². The molecule has 6 heterocycles. The molecule has 0 saturated heterocycles. The average molecular weight is 533 g/mol. The Morgan fingerprint density at radius 3 is 1.12 bits per heavy atom. The van der Waals surface area contributed by atoms with Crippen molar-refractivity contribution in [2.75, 3.05) is 0 Å². The number of rotatable bonds is 9. The predicted molar refractivity (Wildman–Crippen MR) is 146 cm³/mol. The summed E-state index contributed by atoms with van der Waals surface area (Å²) in [7, 11) is -1.33. The van der Waals surface area contributed by atoms with Crippen molar-refractivity contribution in [1.82, 2.24) is 44.8 Å². The fraction of sp³-hybridized carbons (Fsp3) is 0.111. The number of aromatic nitrogens is 9. The highest BCUT2D eigenvalue weighted by molar-refractivity contribution is 6.37. The lowest BCUT2D eigenvalue weighted by atomic mass is 10.2. The molecule has 6 rings (SSSR count). The third-order valence-corrected chi connectivity index (χ3v) is 5.97. The summed E-state index contributed by atoms with van der Waals surface area (Å²) in [6.07, 6.45) is 10.3. The van der Waals surface area contributed by atoms with Crippen LogP contribution in [0.3, 0.4) is 0 Å². The van der Waals surface area contributed by atoms with Crippen molar-refractivity contribution in [3.05, 3.63) is 109 Å². The molecule has 0 unspecified atom stereocenters. The van der Waals surface area contributed by atoms with Crippen molar-refractivity contribution in [1.29, 1.82) is 0 Å². The molecule has 0 bridgehead atoms. The van der Waals surface area contributed by atoms with Crippen LogP contribution in [0.4, 0.5) is 0 Å². The SMILES string of the molecule is Cc1cc(-c2cccnc2)nn1OB(On1nc(-c2cccnc2)cc1C)On1nc(-c2cccnc2)cc1C. The van der Waals surface area contributed by atoms with Gasteiger partial charge in [-0.1, -0.05) is 0 Å². The maximum absolute atomic E-state index is 6.09. The van der Waals surface area contributed by atoms with Gasteiger partial charge in [0.1, 0.15) is 0 Å². The van der Waals surface area contributed by atoms with E-state index in [1.807, 2.05) is 75.4 Å². The minimum absolute atomic E-state index is 0.688. The van der Waals surface area contributed by atoms with E-state index in [9.17, 15) is 0 Å². The van der Waals surface area contributed by atoms with Crippen LogP contribution < -0.4 is 14.3 Å². The minimum atomic E-state index is -1.33. The van der Waals surface area contributed by atoms with E-state index in [0.717, 1.165) is 33.8 Å². The molecule has 0 aromatic carbocycles. The molecule has 0 aliphatic carbocycles. The fourth-order valence-electron chi connectivity index (χ4n) is 3.96. The van der Waals surface area contributed by atoms with Gasteiger partial charge in [0.05, 0.1) is 34.2 Å². The standard InChI is InChI=1S/C27H24BN9O3/c1-19-13-25(22-7-4-10-29-16-22)32-35(19)38-28(39-36-20(2)14-26(33-36)23-8-5-11-30-17-23)40-37-21(3)15-27(34-37)24-9-6-12-31-18-24/h4-18H,1-3H3. The number of nitrogens with zero attached hydrogens (tertiary/aromatic N) is 9. The quantitative estimate of drug-likeness (QED) is 0.258. The van der Waals surface area contributed by atoms with Crippen molar-refractivity contribution < 1.29 is 14.3 Å². The van der Waals surface area contributed by atoms with Crippen LogP contribution in [-0.4, -0.2) is 52.1 Å². The van der Waals surface area contributed by atoms with E-state index in [1.54, 1.807) is 37.2 Å². The van der Waals surface area contributed by atoms with Crippen molar-refractivity contribution in [3.63, 3.8) is 0 Å². The van der Waals surface area contributed by atoms with E-state index >= 15 is 0 Å². The Bertz CT molecular complexity index is 1520. The van der Waals surface area contributed by atoms with Crippen LogP contribution in [0.2, 0.25) is 0 Å². The Morgan fingerprint density at radius 2 is 0.850 bits per heavy atom. The van der Waals surface area contributed by atoms with E-state index in [0.29, 0.717) is 17.1 Å². The zero-order chi connectivity index (χ0) is 27.5. The first-order valence-corrected chi connectivity index (χ1v) is 12.5. The first kappa shape index (κ1) is 24.9. The molecule has 198 valence electrons. The zero-order valence-corrected chi connectivity index (χ0v) is 22.0. The van der Waals surface area contributed by atoms with E-state index < -0.39 is 7.32 Å². The van der Waals surface area contributed by atoms with Gasteiger partial charge in [-0.15, -0.1) is 29.8 Å². The van der Waals surface area contributed by atoms with E-state index in [4.69, 9.17) is 14.3 Å². The van der Waals surface area contributed by atoms with Gasteiger partial charge in [0.15, 0.2) is 0 Å².